The van der Waals surface area contributed by atoms with E-state index in [1.54, 1.807) is 0 Å². The number of rotatable bonds is 5. The standard InChI is InChI=1S/C16H20O/c1-5-6-8-14(4)12-17-16-10-7-9-15(11-16)13(2)3/h5-11H,2,12H2,1,3-4H3/b6-5-,14-8+. The van der Waals surface area contributed by atoms with Crippen LogP contribution >= 0.6 is 0 Å². The van der Waals surface area contributed by atoms with E-state index in [-0.39, 0.29) is 0 Å². The molecule has 0 radical (unpaired) electrons. The monoisotopic (exact) mass is 228 g/mol. The molecule has 0 saturated heterocycles. The fourth-order valence-electron chi connectivity index (χ4n) is 1.36. The lowest BCUT2D eigenvalue weighted by molar-refractivity contribution is 0.352. The van der Waals surface area contributed by atoms with Crippen LogP contribution in [0.5, 0.6) is 5.75 Å². The minimum atomic E-state index is 0.615. The zero-order valence-electron chi connectivity index (χ0n) is 10.9. The lowest BCUT2D eigenvalue weighted by Crippen LogP contribution is -1.98. The predicted molar refractivity (Wildman–Crippen MR) is 75.2 cm³/mol. The molecule has 0 fully saturated rings. The molecule has 90 valence electrons. The Labute approximate surface area is 104 Å². The third-order valence-corrected chi connectivity index (χ3v) is 2.37. The van der Waals surface area contributed by atoms with Gasteiger partial charge < -0.3 is 4.74 Å². The van der Waals surface area contributed by atoms with Crippen molar-refractivity contribution < 1.29 is 4.74 Å². The van der Waals surface area contributed by atoms with Gasteiger partial charge in [0.05, 0.1) is 0 Å². The smallest absolute Gasteiger partial charge is 0.120 e. The van der Waals surface area contributed by atoms with Crippen LogP contribution in [0.1, 0.15) is 26.3 Å². The van der Waals surface area contributed by atoms with Gasteiger partial charge in [0.1, 0.15) is 12.4 Å². The van der Waals surface area contributed by atoms with Crippen molar-refractivity contribution in [2.45, 2.75) is 20.8 Å². The van der Waals surface area contributed by atoms with Crippen LogP contribution in [0, 0.1) is 0 Å². The van der Waals surface area contributed by atoms with Crippen LogP contribution in [-0.4, -0.2) is 6.61 Å². The van der Waals surface area contributed by atoms with Gasteiger partial charge in [0.15, 0.2) is 0 Å². The minimum Gasteiger partial charge on any atom is -0.489 e. The maximum Gasteiger partial charge on any atom is 0.120 e. The number of benzene rings is 1. The van der Waals surface area contributed by atoms with E-state index in [1.165, 1.54) is 5.57 Å². The molecule has 0 aromatic heterocycles. The van der Waals surface area contributed by atoms with Gasteiger partial charge in [-0.25, -0.2) is 0 Å². The lowest BCUT2D eigenvalue weighted by atomic mass is 10.1. The quantitative estimate of drug-likeness (QED) is 0.668. The molecule has 17 heavy (non-hydrogen) atoms. The summed E-state index contributed by atoms with van der Waals surface area (Å²) in [6.45, 7) is 10.6. The highest BCUT2D eigenvalue weighted by Gasteiger charge is 1.97. The van der Waals surface area contributed by atoms with Gasteiger partial charge in [-0.3, -0.25) is 0 Å². The van der Waals surface area contributed by atoms with Crippen molar-refractivity contribution in [2.24, 2.45) is 0 Å². The van der Waals surface area contributed by atoms with Crippen molar-refractivity contribution >= 4 is 5.57 Å². The molecule has 0 bridgehead atoms. The summed E-state index contributed by atoms with van der Waals surface area (Å²) in [5.41, 5.74) is 3.37. The molecule has 0 N–H and O–H groups in total. The van der Waals surface area contributed by atoms with Gasteiger partial charge in [-0.2, -0.15) is 0 Å². The lowest BCUT2D eigenvalue weighted by Gasteiger charge is -2.08. The average Bonchev–Trinajstić information content (AvgIpc) is 2.34. The van der Waals surface area contributed by atoms with E-state index in [4.69, 9.17) is 4.74 Å². The van der Waals surface area contributed by atoms with Gasteiger partial charge in [-0.15, -0.1) is 0 Å². The molecule has 0 heterocycles. The Kier molecular flexibility index (Phi) is 5.28. The molecule has 0 aliphatic rings. The highest BCUT2D eigenvalue weighted by molar-refractivity contribution is 5.62. The Morgan fingerprint density at radius 3 is 2.76 bits per heavy atom. The summed E-state index contributed by atoms with van der Waals surface area (Å²) >= 11 is 0. The summed E-state index contributed by atoms with van der Waals surface area (Å²) in [7, 11) is 0. The second kappa shape index (κ2) is 6.74. The maximum absolute atomic E-state index is 5.71. The summed E-state index contributed by atoms with van der Waals surface area (Å²) < 4.78 is 5.71. The molecule has 0 atom stereocenters. The molecule has 1 aromatic carbocycles. The maximum atomic E-state index is 5.71. The average molecular weight is 228 g/mol. The molecule has 0 aliphatic heterocycles. The second-order valence-corrected chi connectivity index (χ2v) is 4.14. The van der Waals surface area contributed by atoms with Crippen LogP contribution < -0.4 is 4.74 Å². The van der Waals surface area contributed by atoms with Crippen molar-refractivity contribution in [2.75, 3.05) is 6.61 Å². The third kappa shape index (κ3) is 4.73. The van der Waals surface area contributed by atoms with Crippen LogP contribution in [0.3, 0.4) is 0 Å². The third-order valence-electron chi connectivity index (χ3n) is 2.37. The van der Waals surface area contributed by atoms with Gasteiger partial charge in [0.25, 0.3) is 0 Å². The van der Waals surface area contributed by atoms with E-state index in [9.17, 15) is 0 Å². The fraction of sp³-hybridized carbons (Fsp3) is 0.250. The molecule has 1 nitrogen and oxygen atoms in total. The zero-order chi connectivity index (χ0) is 12.7. The second-order valence-electron chi connectivity index (χ2n) is 4.14. The summed E-state index contributed by atoms with van der Waals surface area (Å²) in [5, 5.41) is 0. The van der Waals surface area contributed by atoms with E-state index in [0.29, 0.717) is 6.61 Å². The Balaban J connectivity index is 2.63. The van der Waals surface area contributed by atoms with Crippen molar-refractivity contribution in [1.82, 2.24) is 0 Å². The molecule has 0 aliphatic carbocycles. The predicted octanol–water partition coefficient (Wildman–Crippen LogP) is 4.62. The van der Waals surface area contributed by atoms with E-state index < -0.39 is 0 Å². The van der Waals surface area contributed by atoms with Crippen molar-refractivity contribution in [3.63, 3.8) is 0 Å². The minimum absolute atomic E-state index is 0.615. The van der Waals surface area contributed by atoms with Gasteiger partial charge >= 0.3 is 0 Å². The molecule has 0 amide bonds. The number of allylic oxidation sites excluding steroid dienone is 4. The van der Waals surface area contributed by atoms with Crippen molar-refractivity contribution in [3.8, 4) is 5.75 Å². The van der Waals surface area contributed by atoms with Crippen LogP contribution in [-0.2, 0) is 0 Å². The Bertz CT molecular complexity index is 439. The van der Waals surface area contributed by atoms with Gasteiger partial charge in [0.2, 0.25) is 0 Å². The Hall–Kier alpha value is -1.76. The normalized spacial score (nSPS) is 11.8. The van der Waals surface area contributed by atoms with Gasteiger partial charge in [-0.05, 0) is 44.0 Å². The summed E-state index contributed by atoms with van der Waals surface area (Å²) in [4.78, 5) is 0. The molecule has 0 saturated carbocycles. The number of hydrogen-bond donors (Lipinski definition) is 0. The topological polar surface area (TPSA) is 9.23 Å². The number of ether oxygens (including phenoxy) is 1. The highest BCUT2D eigenvalue weighted by atomic mass is 16.5. The molecule has 0 spiro atoms. The summed E-state index contributed by atoms with van der Waals surface area (Å²) in [6.07, 6.45) is 6.08. The van der Waals surface area contributed by atoms with Crippen LogP contribution in [0.15, 0.2) is 54.6 Å². The van der Waals surface area contributed by atoms with E-state index in [0.717, 1.165) is 16.9 Å². The highest BCUT2D eigenvalue weighted by Crippen LogP contribution is 2.18. The fourth-order valence-corrected chi connectivity index (χ4v) is 1.36. The largest absolute Gasteiger partial charge is 0.489 e. The molecule has 1 heteroatoms. The van der Waals surface area contributed by atoms with Gasteiger partial charge in [-0.1, -0.05) is 42.5 Å². The Morgan fingerprint density at radius 2 is 2.12 bits per heavy atom. The van der Waals surface area contributed by atoms with Crippen molar-refractivity contribution in [3.05, 3.63) is 60.2 Å². The molecule has 1 aromatic rings. The van der Waals surface area contributed by atoms with E-state index >= 15 is 0 Å². The summed E-state index contributed by atoms with van der Waals surface area (Å²) in [5.74, 6) is 0.888. The van der Waals surface area contributed by atoms with Crippen molar-refractivity contribution in [1.29, 1.82) is 0 Å². The first-order valence-corrected chi connectivity index (χ1v) is 5.80. The summed E-state index contributed by atoms with van der Waals surface area (Å²) in [6, 6.07) is 8.02. The van der Waals surface area contributed by atoms with Crippen LogP contribution in [0.4, 0.5) is 0 Å². The molecule has 0 unspecified atom stereocenters. The zero-order valence-corrected chi connectivity index (χ0v) is 10.9. The first-order valence-electron chi connectivity index (χ1n) is 5.80. The first-order chi connectivity index (χ1) is 8.13. The SMILES string of the molecule is C=C(C)c1cccc(OC/C(C)=C/C=C\C)c1. The van der Waals surface area contributed by atoms with Gasteiger partial charge in [0, 0.05) is 0 Å². The van der Waals surface area contributed by atoms with E-state index in [2.05, 4.69) is 19.6 Å². The molecular weight excluding hydrogens is 208 g/mol. The molecule has 1 rings (SSSR count). The van der Waals surface area contributed by atoms with Crippen LogP contribution in [0.25, 0.3) is 5.57 Å². The molecular formula is C16H20O. The first kappa shape index (κ1) is 13.3. The number of hydrogen-bond acceptors (Lipinski definition) is 1. The van der Waals surface area contributed by atoms with Crippen LogP contribution in [0.2, 0.25) is 0 Å². The Morgan fingerprint density at radius 1 is 1.35 bits per heavy atom. The van der Waals surface area contributed by atoms with E-state index in [1.807, 2.05) is 50.3 Å².